The molecule has 1 saturated heterocycles. The highest BCUT2D eigenvalue weighted by Crippen LogP contribution is 2.28. The normalized spacial score (nSPS) is 14.8. The van der Waals surface area contributed by atoms with Crippen molar-refractivity contribution in [1.29, 1.82) is 5.26 Å². The minimum Gasteiger partial charge on any atom is -0.497 e. The first kappa shape index (κ1) is 16.2. The van der Waals surface area contributed by atoms with E-state index in [1.54, 1.807) is 7.11 Å². The molecule has 3 rings (SSSR count). The molecule has 1 fully saturated rings. The van der Waals surface area contributed by atoms with E-state index in [9.17, 15) is 5.26 Å². The average molecular weight is 326 g/mol. The van der Waals surface area contributed by atoms with Gasteiger partial charge in [0.2, 0.25) is 17.5 Å². The summed E-state index contributed by atoms with van der Waals surface area (Å²) >= 11 is 0. The highest BCUT2D eigenvalue weighted by atomic mass is 16.5. The largest absolute Gasteiger partial charge is 0.497 e. The molecule has 1 aliphatic heterocycles. The van der Waals surface area contributed by atoms with Crippen LogP contribution in [0.5, 0.6) is 5.75 Å². The molecule has 0 aliphatic carbocycles. The molecule has 1 aliphatic rings. The Labute approximate surface area is 142 Å². The molecule has 2 aromatic rings. The van der Waals surface area contributed by atoms with Crippen LogP contribution < -0.4 is 14.5 Å². The predicted octanol–water partition coefficient (Wildman–Crippen LogP) is 3.00. The van der Waals surface area contributed by atoms with Gasteiger partial charge in [0.25, 0.3) is 0 Å². The van der Waals surface area contributed by atoms with E-state index in [4.69, 9.17) is 9.15 Å². The summed E-state index contributed by atoms with van der Waals surface area (Å²) in [6.07, 6.45) is 0. The second-order valence-electron chi connectivity index (χ2n) is 6.14. The average Bonchev–Trinajstić information content (AvgIpc) is 3.07. The molecule has 0 unspecified atom stereocenters. The number of hydrogen-bond donors (Lipinski definition) is 0. The zero-order valence-corrected chi connectivity index (χ0v) is 14.3. The van der Waals surface area contributed by atoms with Crippen LogP contribution in [-0.2, 0) is 0 Å². The molecule has 24 heavy (non-hydrogen) atoms. The van der Waals surface area contributed by atoms with Crippen LogP contribution in [0.4, 0.5) is 11.6 Å². The number of anilines is 2. The summed E-state index contributed by atoms with van der Waals surface area (Å²) in [6.45, 7) is 7.36. The summed E-state index contributed by atoms with van der Waals surface area (Å²) in [5, 5.41) is 9.30. The summed E-state index contributed by atoms with van der Waals surface area (Å²) in [5.41, 5.74) is 1.56. The van der Waals surface area contributed by atoms with Gasteiger partial charge in [-0.3, -0.25) is 0 Å². The standard InChI is InChI=1S/C18H22N4O2/c1-13(2)17-20-16(12-19)18(24-17)22-10-8-21(9-11-22)14-4-6-15(23-3)7-5-14/h4-7,13H,8-11H2,1-3H3. The number of piperazine rings is 1. The molecule has 0 radical (unpaired) electrons. The number of methoxy groups -OCH3 is 1. The van der Waals surface area contributed by atoms with Crippen LogP contribution in [0.1, 0.15) is 31.4 Å². The first-order chi connectivity index (χ1) is 11.6. The first-order valence-electron chi connectivity index (χ1n) is 8.17. The molecule has 0 bridgehead atoms. The molecule has 1 aromatic carbocycles. The lowest BCUT2D eigenvalue weighted by Gasteiger charge is -2.36. The highest BCUT2D eigenvalue weighted by molar-refractivity contribution is 5.53. The lowest BCUT2D eigenvalue weighted by Crippen LogP contribution is -2.46. The number of nitrogens with zero attached hydrogens (tertiary/aromatic N) is 4. The van der Waals surface area contributed by atoms with Gasteiger partial charge in [-0.2, -0.15) is 5.26 Å². The van der Waals surface area contributed by atoms with Gasteiger partial charge in [0, 0.05) is 37.8 Å². The van der Waals surface area contributed by atoms with Gasteiger partial charge in [-0.1, -0.05) is 13.8 Å². The van der Waals surface area contributed by atoms with E-state index in [1.807, 2.05) is 26.0 Å². The van der Waals surface area contributed by atoms with Crippen molar-refractivity contribution in [2.45, 2.75) is 19.8 Å². The molecule has 0 spiro atoms. The van der Waals surface area contributed by atoms with E-state index in [0.717, 1.165) is 31.9 Å². The minimum absolute atomic E-state index is 0.173. The molecule has 0 amide bonds. The molecule has 126 valence electrons. The van der Waals surface area contributed by atoms with Crippen molar-refractivity contribution in [3.05, 3.63) is 35.9 Å². The van der Waals surface area contributed by atoms with E-state index in [0.29, 0.717) is 17.5 Å². The maximum atomic E-state index is 9.30. The van der Waals surface area contributed by atoms with Gasteiger partial charge in [-0.15, -0.1) is 0 Å². The van der Waals surface area contributed by atoms with Crippen LogP contribution in [0, 0.1) is 11.3 Å². The van der Waals surface area contributed by atoms with Crippen LogP contribution in [0.15, 0.2) is 28.7 Å². The zero-order valence-electron chi connectivity index (χ0n) is 14.3. The Morgan fingerprint density at radius 2 is 1.75 bits per heavy atom. The highest BCUT2D eigenvalue weighted by Gasteiger charge is 2.25. The van der Waals surface area contributed by atoms with Gasteiger partial charge in [-0.05, 0) is 24.3 Å². The Kier molecular flexibility index (Phi) is 4.61. The number of hydrogen-bond acceptors (Lipinski definition) is 6. The SMILES string of the molecule is COc1ccc(N2CCN(c3oc(C(C)C)nc3C#N)CC2)cc1. The minimum atomic E-state index is 0.173. The van der Waals surface area contributed by atoms with E-state index < -0.39 is 0 Å². The lowest BCUT2D eigenvalue weighted by molar-refractivity contribution is 0.415. The number of benzene rings is 1. The molecular weight excluding hydrogens is 304 g/mol. The topological polar surface area (TPSA) is 65.5 Å². The summed E-state index contributed by atoms with van der Waals surface area (Å²) in [5.74, 6) is 2.26. The number of ether oxygens (including phenoxy) is 1. The number of nitriles is 1. The summed E-state index contributed by atoms with van der Waals surface area (Å²) in [7, 11) is 1.67. The number of oxazole rings is 1. The Morgan fingerprint density at radius 1 is 1.12 bits per heavy atom. The third kappa shape index (κ3) is 3.16. The van der Waals surface area contributed by atoms with Crippen molar-refractivity contribution in [2.24, 2.45) is 0 Å². The zero-order chi connectivity index (χ0) is 17.1. The molecule has 6 heteroatoms. The van der Waals surface area contributed by atoms with Crippen LogP contribution >= 0.6 is 0 Å². The molecule has 6 nitrogen and oxygen atoms in total. The van der Waals surface area contributed by atoms with Gasteiger partial charge >= 0.3 is 0 Å². The monoisotopic (exact) mass is 326 g/mol. The molecule has 0 saturated carbocycles. The maximum absolute atomic E-state index is 9.30. The molecule has 2 heterocycles. The Balaban J connectivity index is 1.69. The van der Waals surface area contributed by atoms with Crippen molar-refractivity contribution in [3.8, 4) is 11.8 Å². The number of aromatic nitrogens is 1. The van der Waals surface area contributed by atoms with Gasteiger partial charge in [0.1, 0.15) is 11.8 Å². The van der Waals surface area contributed by atoms with Gasteiger partial charge < -0.3 is 19.0 Å². The molecule has 0 atom stereocenters. The fourth-order valence-electron chi connectivity index (χ4n) is 2.82. The summed E-state index contributed by atoms with van der Waals surface area (Å²) in [6, 6.07) is 10.2. The van der Waals surface area contributed by atoms with Crippen molar-refractivity contribution in [3.63, 3.8) is 0 Å². The van der Waals surface area contributed by atoms with Crippen LogP contribution in [0.25, 0.3) is 0 Å². The van der Waals surface area contributed by atoms with Crippen LogP contribution in [0.3, 0.4) is 0 Å². The van der Waals surface area contributed by atoms with E-state index in [2.05, 4.69) is 33.0 Å². The van der Waals surface area contributed by atoms with E-state index >= 15 is 0 Å². The Morgan fingerprint density at radius 3 is 2.29 bits per heavy atom. The van der Waals surface area contributed by atoms with Gasteiger partial charge in [0.15, 0.2) is 0 Å². The third-order valence-electron chi connectivity index (χ3n) is 4.23. The molecule has 0 N–H and O–H groups in total. The molecular formula is C18H22N4O2. The maximum Gasteiger partial charge on any atom is 0.234 e. The Bertz CT molecular complexity index is 722. The van der Waals surface area contributed by atoms with E-state index in [1.165, 1.54) is 5.69 Å². The summed E-state index contributed by atoms with van der Waals surface area (Å²) < 4.78 is 11.0. The first-order valence-corrected chi connectivity index (χ1v) is 8.17. The van der Waals surface area contributed by atoms with Crippen molar-refractivity contribution in [2.75, 3.05) is 43.1 Å². The lowest BCUT2D eigenvalue weighted by atomic mass is 10.2. The second kappa shape index (κ2) is 6.83. The fourth-order valence-corrected chi connectivity index (χ4v) is 2.82. The quantitative estimate of drug-likeness (QED) is 0.860. The molecule has 1 aromatic heterocycles. The smallest absolute Gasteiger partial charge is 0.234 e. The number of rotatable bonds is 4. The Hall–Kier alpha value is -2.68. The summed E-state index contributed by atoms with van der Waals surface area (Å²) in [4.78, 5) is 8.73. The van der Waals surface area contributed by atoms with Crippen LogP contribution in [0.2, 0.25) is 0 Å². The fraction of sp³-hybridized carbons (Fsp3) is 0.444. The van der Waals surface area contributed by atoms with Crippen molar-refractivity contribution in [1.82, 2.24) is 4.98 Å². The van der Waals surface area contributed by atoms with Gasteiger partial charge in [0.05, 0.1) is 7.11 Å². The predicted molar refractivity (Wildman–Crippen MR) is 92.7 cm³/mol. The third-order valence-corrected chi connectivity index (χ3v) is 4.23. The van der Waals surface area contributed by atoms with Gasteiger partial charge in [-0.25, -0.2) is 4.98 Å². The van der Waals surface area contributed by atoms with E-state index in [-0.39, 0.29) is 5.92 Å². The second-order valence-corrected chi connectivity index (χ2v) is 6.14. The van der Waals surface area contributed by atoms with Crippen LogP contribution in [-0.4, -0.2) is 38.3 Å². The van der Waals surface area contributed by atoms with Crippen molar-refractivity contribution >= 4 is 11.6 Å². The van der Waals surface area contributed by atoms with Crippen molar-refractivity contribution < 1.29 is 9.15 Å².